The molecule has 0 radical (unpaired) electrons. The van der Waals surface area contributed by atoms with E-state index in [-0.39, 0.29) is 16.6 Å². The van der Waals surface area contributed by atoms with Crippen LogP contribution in [-0.2, 0) is 16.4 Å². The van der Waals surface area contributed by atoms with Gasteiger partial charge in [-0.25, -0.2) is 8.42 Å². The molecule has 0 amide bonds. The maximum Gasteiger partial charge on any atom is 0.242 e. The van der Waals surface area contributed by atoms with Gasteiger partial charge in [0.15, 0.2) is 5.65 Å². The van der Waals surface area contributed by atoms with E-state index in [9.17, 15) is 8.42 Å². The van der Waals surface area contributed by atoms with E-state index in [1.54, 1.807) is 4.40 Å². The highest BCUT2D eigenvalue weighted by Gasteiger charge is 2.43. The number of anilines is 1. The standard InChI is InChI=1S/C24H36N4O3S/c1-4-19-14-28-22(25-26-23(28)27-32(29,30)20-6-7-20)11-21(19)31-15-24(5-2)12-17-8-16(3)9-18(10-17)13-24/h11,14,16-18,20H,4-10,12-13,15H2,1-3H3,(H,26,27). The average molecular weight is 461 g/mol. The van der Waals surface area contributed by atoms with Gasteiger partial charge in [0, 0.05) is 23.2 Å². The zero-order chi connectivity index (χ0) is 22.5. The lowest BCUT2D eigenvalue weighted by atomic mass is 9.58. The molecule has 2 heterocycles. The number of ether oxygens (including phenoxy) is 1. The van der Waals surface area contributed by atoms with Gasteiger partial charge in [-0.15, -0.1) is 10.2 Å². The molecule has 3 saturated carbocycles. The Hall–Kier alpha value is -1.83. The number of nitrogens with zero attached hydrogens (tertiary/aromatic N) is 3. The Morgan fingerprint density at radius 1 is 1.16 bits per heavy atom. The third kappa shape index (κ3) is 4.22. The van der Waals surface area contributed by atoms with Crippen LogP contribution in [0.1, 0.15) is 77.7 Å². The van der Waals surface area contributed by atoms with Gasteiger partial charge in [0.05, 0.1) is 11.9 Å². The Balaban J connectivity index is 1.36. The predicted octanol–water partition coefficient (Wildman–Crippen LogP) is 4.82. The lowest BCUT2D eigenvalue weighted by Gasteiger charge is -2.48. The molecule has 7 nitrogen and oxygen atoms in total. The van der Waals surface area contributed by atoms with E-state index in [2.05, 4.69) is 35.7 Å². The molecule has 0 saturated heterocycles. The molecule has 3 aliphatic carbocycles. The molecule has 32 heavy (non-hydrogen) atoms. The summed E-state index contributed by atoms with van der Waals surface area (Å²) in [4.78, 5) is 0. The van der Waals surface area contributed by atoms with E-state index in [4.69, 9.17) is 4.74 Å². The van der Waals surface area contributed by atoms with Crippen molar-refractivity contribution in [3.8, 4) is 5.75 Å². The number of pyridine rings is 1. The molecule has 5 rings (SSSR count). The molecule has 2 aromatic rings. The highest BCUT2D eigenvalue weighted by Crippen LogP contribution is 2.52. The molecule has 2 atom stereocenters. The van der Waals surface area contributed by atoms with Crippen LogP contribution in [0.2, 0.25) is 0 Å². The Morgan fingerprint density at radius 3 is 2.50 bits per heavy atom. The minimum Gasteiger partial charge on any atom is -0.493 e. The quantitative estimate of drug-likeness (QED) is 0.611. The summed E-state index contributed by atoms with van der Waals surface area (Å²) in [6.45, 7) is 7.56. The van der Waals surface area contributed by atoms with Crippen molar-refractivity contribution in [3.63, 3.8) is 0 Å². The fraction of sp³-hybridized carbons (Fsp3) is 0.750. The summed E-state index contributed by atoms with van der Waals surface area (Å²) >= 11 is 0. The third-order valence-corrected chi connectivity index (χ3v) is 9.84. The first kappa shape index (κ1) is 22.0. The number of hydrogen-bond acceptors (Lipinski definition) is 5. The minimum atomic E-state index is -3.38. The van der Waals surface area contributed by atoms with Gasteiger partial charge >= 0.3 is 0 Å². The van der Waals surface area contributed by atoms with Crippen LogP contribution in [0.3, 0.4) is 0 Å². The first-order chi connectivity index (χ1) is 15.3. The lowest BCUT2D eigenvalue weighted by molar-refractivity contribution is -0.000583. The van der Waals surface area contributed by atoms with Crippen LogP contribution in [-0.4, -0.2) is 34.9 Å². The monoisotopic (exact) mass is 460 g/mol. The summed E-state index contributed by atoms with van der Waals surface area (Å²) < 4.78 is 35.6. The highest BCUT2D eigenvalue weighted by molar-refractivity contribution is 7.93. The van der Waals surface area contributed by atoms with Crippen molar-refractivity contribution in [2.75, 3.05) is 11.3 Å². The zero-order valence-electron chi connectivity index (χ0n) is 19.5. The molecule has 0 aromatic carbocycles. The second-order valence-corrected chi connectivity index (χ2v) is 12.7. The molecule has 2 unspecified atom stereocenters. The SMILES string of the molecule is CCc1cn2c(NS(=O)(=O)C3CC3)nnc2cc1OCC1(CC)CC2CC(C)CC(C2)C1. The smallest absolute Gasteiger partial charge is 0.242 e. The summed E-state index contributed by atoms with van der Waals surface area (Å²) in [6, 6.07) is 1.91. The normalized spacial score (nSPS) is 30.4. The molecule has 3 aliphatic rings. The Morgan fingerprint density at radius 2 is 1.88 bits per heavy atom. The largest absolute Gasteiger partial charge is 0.493 e. The number of rotatable bonds is 8. The molecule has 8 heteroatoms. The highest BCUT2D eigenvalue weighted by atomic mass is 32.2. The van der Waals surface area contributed by atoms with E-state index in [0.717, 1.165) is 48.5 Å². The second kappa shape index (κ2) is 8.19. The molecular formula is C24H36N4O3S. The van der Waals surface area contributed by atoms with Crippen molar-refractivity contribution in [2.45, 2.75) is 83.8 Å². The van der Waals surface area contributed by atoms with Gasteiger partial charge in [0.25, 0.3) is 0 Å². The van der Waals surface area contributed by atoms with Crippen molar-refractivity contribution in [2.24, 2.45) is 23.2 Å². The topological polar surface area (TPSA) is 85.6 Å². The van der Waals surface area contributed by atoms with Crippen molar-refractivity contribution < 1.29 is 13.2 Å². The van der Waals surface area contributed by atoms with Crippen molar-refractivity contribution in [1.29, 1.82) is 0 Å². The van der Waals surface area contributed by atoms with Crippen LogP contribution in [0.15, 0.2) is 12.3 Å². The van der Waals surface area contributed by atoms with Crippen LogP contribution in [0.25, 0.3) is 5.65 Å². The van der Waals surface area contributed by atoms with E-state index < -0.39 is 10.0 Å². The predicted molar refractivity (Wildman–Crippen MR) is 125 cm³/mol. The summed E-state index contributed by atoms with van der Waals surface area (Å²) in [5.74, 6) is 3.65. The van der Waals surface area contributed by atoms with Crippen molar-refractivity contribution in [3.05, 3.63) is 17.8 Å². The molecule has 3 fully saturated rings. The fourth-order valence-electron chi connectivity index (χ4n) is 6.30. The maximum atomic E-state index is 12.4. The molecule has 176 valence electrons. The fourth-order valence-corrected chi connectivity index (χ4v) is 7.61. The first-order valence-corrected chi connectivity index (χ1v) is 13.9. The number of sulfonamides is 1. The minimum absolute atomic E-state index is 0.254. The van der Waals surface area contributed by atoms with Crippen molar-refractivity contribution >= 4 is 21.6 Å². The van der Waals surface area contributed by atoms with Gasteiger partial charge in [-0.2, -0.15) is 0 Å². The van der Waals surface area contributed by atoms with Crippen LogP contribution in [0.4, 0.5) is 5.95 Å². The van der Waals surface area contributed by atoms with Gasteiger partial charge in [0.1, 0.15) is 5.75 Å². The van der Waals surface area contributed by atoms with Gasteiger partial charge in [0.2, 0.25) is 16.0 Å². The van der Waals surface area contributed by atoms with Crippen LogP contribution in [0, 0.1) is 23.2 Å². The lowest BCUT2D eigenvalue weighted by Crippen LogP contribution is -2.41. The molecule has 0 spiro atoms. The Labute approximate surface area is 191 Å². The number of aromatic nitrogens is 3. The third-order valence-electron chi connectivity index (χ3n) is 8.03. The molecule has 0 aliphatic heterocycles. The summed E-state index contributed by atoms with van der Waals surface area (Å²) in [7, 11) is -3.38. The molecule has 2 bridgehead atoms. The van der Waals surface area contributed by atoms with Gasteiger partial charge in [-0.05, 0) is 75.5 Å². The van der Waals surface area contributed by atoms with Gasteiger partial charge in [-0.1, -0.05) is 20.8 Å². The number of aryl methyl sites for hydroxylation is 1. The first-order valence-electron chi connectivity index (χ1n) is 12.3. The Bertz CT molecular complexity index is 1070. The van der Waals surface area contributed by atoms with Crippen LogP contribution in [0.5, 0.6) is 5.75 Å². The van der Waals surface area contributed by atoms with Crippen LogP contribution >= 0.6 is 0 Å². The van der Waals surface area contributed by atoms with E-state index in [1.165, 1.54) is 32.1 Å². The average Bonchev–Trinajstić information content (AvgIpc) is 3.55. The Kier molecular flexibility index (Phi) is 5.63. The maximum absolute atomic E-state index is 12.4. The van der Waals surface area contributed by atoms with Gasteiger partial charge < -0.3 is 4.74 Å². The molecule has 1 N–H and O–H groups in total. The second-order valence-electron chi connectivity index (χ2n) is 10.7. The molecule has 2 aromatic heterocycles. The van der Waals surface area contributed by atoms with Crippen LogP contribution < -0.4 is 9.46 Å². The van der Waals surface area contributed by atoms with E-state index in [1.807, 2.05) is 12.3 Å². The summed E-state index contributed by atoms with van der Waals surface area (Å²) in [6.07, 6.45) is 12.0. The number of hydrogen-bond donors (Lipinski definition) is 1. The number of nitrogens with one attached hydrogen (secondary N) is 1. The van der Waals surface area contributed by atoms with Crippen molar-refractivity contribution in [1.82, 2.24) is 14.6 Å². The zero-order valence-corrected chi connectivity index (χ0v) is 20.3. The van der Waals surface area contributed by atoms with E-state index >= 15 is 0 Å². The summed E-state index contributed by atoms with van der Waals surface area (Å²) in [5.41, 5.74) is 1.90. The van der Waals surface area contributed by atoms with E-state index in [0.29, 0.717) is 18.5 Å². The van der Waals surface area contributed by atoms with Gasteiger partial charge in [-0.3, -0.25) is 9.12 Å². The number of fused-ring (bicyclic) bond motifs is 3. The molecular weight excluding hydrogens is 424 g/mol. The summed E-state index contributed by atoms with van der Waals surface area (Å²) in [5, 5.41) is 8.01.